The molecule has 1 aliphatic rings. The number of nitrogens with one attached hydrogen (secondary N) is 2. The SMILES string of the molecule is CCS(=O)(=O)NCCS(=O)(=O)N1CCNCC1c1ccccc1Cl. The van der Waals surface area contributed by atoms with Crippen LogP contribution in [0.25, 0.3) is 0 Å². The summed E-state index contributed by atoms with van der Waals surface area (Å²) in [5, 5.41) is 3.69. The van der Waals surface area contributed by atoms with Crippen molar-refractivity contribution in [3.05, 3.63) is 34.9 Å². The number of hydrogen-bond acceptors (Lipinski definition) is 5. The van der Waals surface area contributed by atoms with E-state index in [1.165, 1.54) is 11.2 Å². The fourth-order valence-corrected chi connectivity index (χ4v) is 5.12. The van der Waals surface area contributed by atoms with Gasteiger partial charge in [0.05, 0.1) is 17.5 Å². The lowest BCUT2D eigenvalue weighted by atomic mass is 10.1. The third-order valence-electron chi connectivity index (χ3n) is 3.88. The molecule has 1 atom stereocenters. The molecule has 0 amide bonds. The molecule has 7 nitrogen and oxygen atoms in total. The van der Waals surface area contributed by atoms with E-state index in [0.717, 1.165) is 5.56 Å². The molecule has 0 spiro atoms. The largest absolute Gasteiger partial charge is 0.313 e. The molecule has 0 radical (unpaired) electrons. The molecular formula is C14H22ClN3O4S2. The fraction of sp³-hybridized carbons (Fsp3) is 0.571. The van der Waals surface area contributed by atoms with Crippen molar-refractivity contribution in [2.45, 2.75) is 13.0 Å². The highest BCUT2D eigenvalue weighted by Gasteiger charge is 2.34. The Morgan fingerprint density at radius 1 is 1.29 bits per heavy atom. The monoisotopic (exact) mass is 395 g/mol. The van der Waals surface area contributed by atoms with E-state index in [0.29, 0.717) is 24.7 Å². The third kappa shape index (κ3) is 4.90. The second-order valence-electron chi connectivity index (χ2n) is 5.47. The molecule has 1 heterocycles. The quantitative estimate of drug-likeness (QED) is 0.703. The summed E-state index contributed by atoms with van der Waals surface area (Å²) in [4.78, 5) is 0. The maximum absolute atomic E-state index is 12.7. The molecule has 1 aromatic carbocycles. The minimum atomic E-state index is -3.62. The van der Waals surface area contributed by atoms with Crippen molar-refractivity contribution in [1.82, 2.24) is 14.3 Å². The van der Waals surface area contributed by atoms with E-state index < -0.39 is 26.1 Å². The van der Waals surface area contributed by atoms with E-state index >= 15 is 0 Å². The van der Waals surface area contributed by atoms with Crippen LogP contribution in [0.15, 0.2) is 24.3 Å². The van der Waals surface area contributed by atoms with E-state index in [-0.39, 0.29) is 18.1 Å². The van der Waals surface area contributed by atoms with Crippen LogP contribution in [0.5, 0.6) is 0 Å². The molecule has 2 rings (SSSR count). The van der Waals surface area contributed by atoms with Gasteiger partial charge in [0.15, 0.2) is 0 Å². The number of sulfonamides is 2. The van der Waals surface area contributed by atoms with Gasteiger partial charge >= 0.3 is 0 Å². The molecule has 1 aromatic rings. The Labute approximate surface area is 148 Å². The van der Waals surface area contributed by atoms with Crippen LogP contribution >= 0.6 is 11.6 Å². The molecule has 0 aromatic heterocycles. The van der Waals surface area contributed by atoms with Crippen molar-refractivity contribution in [3.63, 3.8) is 0 Å². The number of benzene rings is 1. The van der Waals surface area contributed by atoms with Gasteiger partial charge in [0.1, 0.15) is 0 Å². The predicted octanol–water partition coefficient (Wildman–Crippen LogP) is 0.555. The zero-order valence-electron chi connectivity index (χ0n) is 13.4. The van der Waals surface area contributed by atoms with E-state index in [2.05, 4.69) is 10.0 Å². The molecule has 1 saturated heterocycles. The third-order valence-corrected chi connectivity index (χ3v) is 7.50. The van der Waals surface area contributed by atoms with Crippen LogP contribution in [0.1, 0.15) is 18.5 Å². The molecule has 1 aliphatic heterocycles. The Bertz CT molecular complexity index is 768. The summed E-state index contributed by atoms with van der Waals surface area (Å²) in [6.07, 6.45) is 0. The molecule has 1 unspecified atom stereocenters. The second kappa shape index (κ2) is 8.11. The van der Waals surface area contributed by atoms with Crippen molar-refractivity contribution < 1.29 is 16.8 Å². The first-order valence-corrected chi connectivity index (χ1v) is 11.3. The standard InChI is InChI=1S/C14H22ClN3O4S2/c1-2-23(19,20)17-8-10-24(21,22)18-9-7-16-11-14(18)12-5-3-4-6-13(12)15/h3-6,14,16-17H,2,7-11H2,1H3. The van der Waals surface area contributed by atoms with Crippen LogP contribution in [0.2, 0.25) is 5.02 Å². The lowest BCUT2D eigenvalue weighted by molar-refractivity contribution is 0.271. The van der Waals surface area contributed by atoms with Crippen LogP contribution in [0.3, 0.4) is 0 Å². The van der Waals surface area contributed by atoms with Crippen LogP contribution < -0.4 is 10.0 Å². The Kier molecular flexibility index (Phi) is 6.63. The zero-order valence-corrected chi connectivity index (χ0v) is 15.8. The van der Waals surface area contributed by atoms with Crippen molar-refractivity contribution in [2.75, 3.05) is 37.7 Å². The first-order chi connectivity index (χ1) is 11.3. The molecule has 0 aliphatic carbocycles. The average molecular weight is 396 g/mol. The van der Waals surface area contributed by atoms with Gasteiger partial charge < -0.3 is 5.32 Å². The minimum Gasteiger partial charge on any atom is -0.313 e. The predicted molar refractivity (Wildman–Crippen MR) is 95.0 cm³/mol. The summed E-state index contributed by atoms with van der Waals surface area (Å²) in [6.45, 7) is 2.68. The molecule has 24 heavy (non-hydrogen) atoms. The van der Waals surface area contributed by atoms with Gasteiger partial charge in [-0.1, -0.05) is 29.8 Å². The maximum atomic E-state index is 12.7. The molecule has 0 saturated carbocycles. The molecular weight excluding hydrogens is 374 g/mol. The second-order valence-corrected chi connectivity index (χ2v) is 10.0. The molecule has 0 bridgehead atoms. The van der Waals surface area contributed by atoms with Crippen LogP contribution in [0, 0.1) is 0 Å². The van der Waals surface area contributed by atoms with Crippen molar-refractivity contribution in [3.8, 4) is 0 Å². The highest BCUT2D eigenvalue weighted by Crippen LogP contribution is 2.30. The van der Waals surface area contributed by atoms with Gasteiger partial charge in [-0.05, 0) is 18.6 Å². The normalized spacial score (nSPS) is 20.2. The number of rotatable bonds is 7. The van der Waals surface area contributed by atoms with Gasteiger partial charge in [-0.3, -0.25) is 0 Å². The molecule has 10 heteroatoms. The van der Waals surface area contributed by atoms with Crippen LogP contribution in [-0.2, 0) is 20.0 Å². The molecule has 136 valence electrons. The highest BCUT2D eigenvalue weighted by atomic mass is 35.5. The summed E-state index contributed by atoms with van der Waals surface area (Å²) in [5.41, 5.74) is 0.740. The summed E-state index contributed by atoms with van der Waals surface area (Å²) < 4.78 is 51.9. The molecule has 1 fully saturated rings. The smallest absolute Gasteiger partial charge is 0.216 e. The zero-order chi connectivity index (χ0) is 17.8. The Balaban J connectivity index is 2.15. The lowest BCUT2D eigenvalue weighted by Gasteiger charge is -2.35. The molecule has 2 N–H and O–H groups in total. The Morgan fingerprint density at radius 2 is 2.00 bits per heavy atom. The van der Waals surface area contributed by atoms with Crippen molar-refractivity contribution in [1.29, 1.82) is 0 Å². The maximum Gasteiger partial charge on any atom is 0.216 e. The minimum absolute atomic E-state index is 0.0804. The summed E-state index contributed by atoms with van der Waals surface area (Å²) in [7, 11) is -7.03. The summed E-state index contributed by atoms with van der Waals surface area (Å²) in [5.74, 6) is -0.365. The van der Waals surface area contributed by atoms with Gasteiger partial charge in [0.2, 0.25) is 20.0 Å². The van der Waals surface area contributed by atoms with E-state index in [9.17, 15) is 16.8 Å². The van der Waals surface area contributed by atoms with Crippen molar-refractivity contribution >= 4 is 31.6 Å². The van der Waals surface area contributed by atoms with E-state index in [1.807, 2.05) is 12.1 Å². The van der Waals surface area contributed by atoms with E-state index in [1.54, 1.807) is 12.1 Å². The van der Waals surface area contributed by atoms with Gasteiger partial charge in [-0.15, -0.1) is 0 Å². The van der Waals surface area contributed by atoms with Gasteiger partial charge in [0.25, 0.3) is 0 Å². The van der Waals surface area contributed by atoms with E-state index in [4.69, 9.17) is 11.6 Å². The number of hydrogen-bond donors (Lipinski definition) is 2. The number of nitrogens with zero attached hydrogens (tertiary/aromatic N) is 1. The van der Waals surface area contributed by atoms with Gasteiger partial charge in [-0.25, -0.2) is 21.6 Å². The van der Waals surface area contributed by atoms with Gasteiger partial charge in [0, 0.05) is 31.2 Å². The Hall–Kier alpha value is -0.710. The first-order valence-electron chi connectivity index (χ1n) is 7.69. The number of halogens is 1. The lowest BCUT2D eigenvalue weighted by Crippen LogP contribution is -2.50. The first kappa shape index (κ1) is 19.6. The summed E-state index contributed by atoms with van der Waals surface area (Å²) in [6, 6.07) is 6.74. The average Bonchev–Trinajstić information content (AvgIpc) is 2.55. The van der Waals surface area contributed by atoms with Crippen LogP contribution in [0.4, 0.5) is 0 Å². The number of piperazine rings is 1. The van der Waals surface area contributed by atoms with Crippen molar-refractivity contribution in [2.24, 2.45) is 0 Å². The fourth-order valence-electron chi connectivity index (χ4n) is 2.57. The van der Waals surface area contributed by atoms with Crippen LogP contribution in [-0.4, -0.2) is 58.8 Å². The Morgan fingerprint density at radius 3 is 2.67 bits per heavy atom. The van der Waals surface area contributed by atoms with Gasteiger partial charge in [-0.2, -0.15) is 4.31 Å². The summed E-state index contributed by atoms with van der Waals surface area (Å²) >= 11 is 6.22. The topological polar surface area (TPSA) is 95.6 Å². The highest BCUT2D eigenvalue weighted by molar-refractivity contribution is 7.90.